The number of Topliss-reactive ketones (excluding diaryl/α,β-unsaturated/α-hetero) is 1. The van der Waals surface area contributed by atoms with E-state index in [1.807, 2.05) is 19.9 Å². The number of hydrogen-bond acceptors (Lipinski definition) is 5. The molecule has 1 heterocycles. The van der Waals surface area contributed by atoms with Crippen molar-refractivity contribution in [2.24, 2.45) is 5.92 Å². The minimum atomic E-state index is -0.393. The second-order valence-electron chi connectivity index (χ2n) is 8.51. The van der Waals surface area contributed by atoms with Crippen LogP contribution in [0.4, 0.5) is 5.69 Å². The minimum Gasteiger partial charge on any atom is -0.326 e. The molecule has 0 saturated carbocycles. The van der Waals surface area contributed by atoms with Crippen molar-refractivity contribution in [2.45, 2.75) is 53.1 Å². The molecule has 3 aromatic rings. The Morgan fingerprint density at radius 1 is 1.06 bits per heavy atom. The van der Waals surface area contributed by atoms with Crippen LogP contribution in [0.15, 0.2) is 46.0 Å². The number of benzene rings is 2. The number of aromatic nitrogens is 2. The zero-order valence-electron chi connectivity index (χ0n) is 19.9. The van der Waals surface area contributed by atoms with Crippen LogP contribution in [0.3, 0.4) is 0 Å². The van der Waals surface area contributed by atoms with E-state index < -0.39 is 5.56 Å². The number of halogens is 1. The van der Waals surface area contributed by atoms with Crippen LogP contribution in [-0.2, 0) is 29.1 Å². The largest absolute Gasteiger partial charge is 0.331 e. The Morgan fingerprint density at radius 2 is 1.77 bits per heavy atom. The Bertz CT molecular complexity index is 1450. The van der Waals surface area contributed by atoms with Crippen LogP contribution in [0, 0.1) is 17.2 Å². The summed E-state index contributed by atoms with van der Waals surface area (Å²) in [6, 6.07) is 11.8. The van der Waals surface area contributed by atoms with Gasteiger partial charge in [0.05, 0.1) is 21.5 Å². The smallest absolute Gasteiger partial charge is 0.326 e. The van der Waals surface area contributed by atoms with Crippen molar-refractivity contribution < 1.29 is 9.59 Å². The van der Waals surface area contributed by atoms with Gasteiger partial charge >= 0.3 is 5.69 Å². The molecule has 3 rings (SSSR count). The van der Waals surface area contributed by atoms with Gasteiger partial charge in [0.15, 0.2) is 0 Å². The van der Waals surface area contributed by atoms with E-state index in [4.69, 9.17) is 16.9 Å². The van der Waals surface area contributed by atoms with Gasteiger partial charge in [0, 0.05) is 38.0 Å². The summed E-state index contributed by atoms with van der Waals surface area (Å²) < 4.78 is 2.70. The Morgan fingerprint density at radius 3 is 2.40 bits per heavy atom. The molecule has 8 nitrogen and oxygen atoms in total. The van der Waals surface area contributed by atoms with Crippen LogP contribution < -0.4 is 16.6 Å². The van der Waals surface area contributed by atoms with E-state index in [-0.39, 0.29) is 49.1 Å². The summed E-state index contributed by atoms with van der Waals surface area (Å²) in [6.07, 6.45) is 0.517. The maximum Gasteiger partial charge on any atom is 0.331 e. The zero-order chi connectivity index (χ0) is 25.7. The predicted molar refractivity (Wildman–Crippen MR) is 136 cm³/mol. The van der Waals surface area contributed by atoms with Gasteiger partial charge < -0.3 is 5.32 Å². The van der Waals surface area contributed by atoms with Gasteiger partial charge in [-0.15, -0.1) is 0 Å². The van der Waals surface area contributed by atoms with E-state index in [0.717, 1.165) is 5.56 Å². The number of amides is 1. The van der Waals surface area contributed by atoms with Crippen molar-refractivity contribution >= 4 is 39.9 Å². The zero-order valence-corrected chi connectivity index (χ0v) is 20.7. The van der Waals surface area contributed by atoms with Gasteiger partial charge in [-0.1, -0.05) is 24.6 Å². The van der Waals surface area contributed by atoms with Gasteiger partial charge in [0.1, 0.15) is 11.9 Å². The fourth-order valence-electron chi connectivity index (χ4n) is 4.13. The second-order valence-corrected chi connectivity index (χ2v) is 8.92. The molecule has 0 radical (unpaired) electrons. The number of ketones is 1. The molecule has 1 unspecified atom stereocenters. The molecule has 0 fully saturated rings. The van der Waals surface area contributed by atoms with Gasteiger partial charge in [0.2, 0.25) is 5.91 Å². The Labute approximate surface area is 207 Å². The average Bonchev–Trinajstić information content (AvgIpc) is 2.80. The van der Waals surface area contributed by atoms with Crippen molar-refractivity contribution in [2.75, 3.05) is 5.32 Å². The number of aryl methyl sites for hydroxylation is 1. The number of nitrogens with zero attached hydrogens (tertiary/aromatic N) is 3. The van der Waals surface area contributed by atoms with E-state index in [1.165, 1.54) is 9.13 Å². The maximum absolute atomic E-state index is 12.8. The Hall–Kier alpha value is -3.70. The van der Waals surface area contributed by atoms with E-state index in [2.05, 4.69) is 5.32 Å². The lowest BCUT2D eigenvalue weighted by Crippen LogP contribution is -2.39. The third-order valence-electron chi connectivity index (χ3n) is 5.81. The summed E-state index contributed by atoms with van der Waals surface area (Å²) >= 11 is 6.03. The number of nitrogens with one attached hydrogen (secondary N) is 1. The first-order valence-electron chi connectivity index (χ1n) is 11.5. The fourth-order valence-corrected chi connectivity index (χ4v) is 4.38. The monoisotopic (exact) mass is 494 g/mol. The molecule has 1 aromatic heterocycles. The molecule has 0 bridgehead atoms. The molecule has 35 heavy (non-hydrogen) atoms. The highest BCUT2D eigenvalue weighted by molar-refractivity contribution is 6.31. The average molecular weight is 495 g/mol. The van der Waals surface area contributed by atoms with E-state index in [9.17, 15) is 19.2 Å². The van der Waals surface area contributed by atoms with Gasteiger partial charge in [-0.25, -0.2) is 4.79 Å². The number of carbonyl (C=O) groups excluding carboxylic acids is 2. The van der Waals surface area contributed by atoms with Crippen LogP contribution in [-0.4, -0.2) is 20.8 Å². The minimum absolute atomic E-state index is 0.0329. The number of nitriles is 1. The number of rotatable bonds is 9. The molecule has 0 aliphatic heterocycles. The van der Waals surface area contributed by atoms with E-state index >= 15 is 0 Å². The van der Waals surface area contributed by atoms with Crippen LogP contribution >= 0.6 is 11.6 Å². The Kier molecular flexibility index (Phi) is 8.26. The molecular weight excluding hydrogens is 468 g/mol. The lowest BCUT2D eigenvalue weighted by Gasteiger charge is -2.14. The van der Waals surface area contributed by atoms with Crippen LogP contribution in [0.1, 0.15) is 44.7 Å². The molecule has 9 heteroatoms. The van der Waals surface area contributed by atoms with E-state index in [0.29, 0.717) is 33.7 Å². The number of hydrogen-bond donors (Lipinski definition) is 1. The quantitative estimate of drug-likeness (QED) is 0.484. The molecule has 0 aliphatic carbocycles. The first-order valence-corrected chi connectivity index (χ1v) is 11.8. The molecule has 1 amide bonds. The SMILES string of the molecule is CCn1c(=O)c2cc(NC(=O)CC(C)CC(=O)Cc3ccc(C#N)c(Cl)c3)ccc2n(CC)c1=O. The van der Waals surface area contributed by atoms with Crippen LogP contribution in [0.5, 0.6) is 0 Å². The number of fused-ring (bicyclic) bond motifs is 1. The third-order valence-corrected chi connectivity index (χ3v) is 6.12. The normalized spacial score (nSPS) is 11.7. The molecular formula is C26H27ClN4O4. The standard InChI is InChI=1S/C26H27ClN4O4/c1-4-30-23-9-8-19(14-21(23)25(34)31(5-2)26(30)35)29-24(33)11-16(3)10-20(32)12-17-6-7-18(15-28)22(27)13-17/h6-9,13-14,16H,4-5,10-12H2,1-3H3,(H,29,33). The predicted octanol–water partition coefficient (Wildman–Crippen LogP) is 3.89. The highest BCUT2D eigenvalue weighted by atomic mass is 35.5. The van der Waals surface area contributed by atoms with Gasteiger partial charge in [0.25, 0.3) is 5.56 Å². The summed E-state index contributed by atoms with van der Waals surface area (Å²) in [5.74, 6) is -0.500. The first kappa shape index (κ1) is 25.9. The van der Waals surface area contributed by atoms with Crippen LogP contribution in [0.2, 0.25) is 5.02 Å². The van der Waals surface area contributed by atoms with Crippen molar-refractivity contribution in [1.82, 2.24) is 9.13 Å². The second kappa shape index (κ2) is 11.2. The molecule has 2 aromatic carbocycles. The fraction of sp³-hybridized carbons (Fsp3) is 0.346. The molecule has 1 atom stereocenters. The summed E-state index contributed by atoms with van der Waals surface area (Å²) in [5.41, 5.74) is 1.30. The van der Waals surface area contributed by atoms with Crippen LogP contribution in [0.25, 0.3) is 10.9 Å². The number of carbonyl (C=O) groups is 2. The number of anilines is 1. The van der Waals surface area contributed by atoms with Crippen molar-refractivity contribution in [3.05, 3.63) is 73.4 Å². The lowest BCUT2D eigenvalue weighted by atomic mass is 9.96. The topological polar surface area (TPSA) is 114 Å². The van der Waals surface area contributed by atoms with Crippen molar-refractivity contribution in [1.29, 1.82) is 5.26 Å². The molecule has 0 saturated heterocycles. The van der Waals surface area contributed by atoms with Crippen molar-refractivity contribution in [3.8, 4) is 6.07 Å². The lowest BCUT2D eigenvalue weighted by molar-refractivity contribution is -0.120. The summed E-state index contributed by atoms with van der Waals surface area (Å²) in [5, 5.41) is 12.4. The van der Waals surface area contributed by atoms with Gasteiger partial charge in [-0.05, 0) is 55.7 Å². The summed E-state index contributed by atoms with van der Waals surface area (Å²) in [6.45, 7) is 6.06. The molecule has 1 N–H and O–H groups in total. The highest BCUT2D eigenvalue weighted by Gasteiger charge is 2.16. The molecule has 0 aliphatic rings. The Balaban J connectivity index is 1.66. The third kappa shape index (κ3) is 5.87. The summed E-state index contributed by atoms with van der Waals surface area (Å²) in [7, 11) is 0. The van der Waals surface area contributed by atoms with Crippen molar-refractivity contribution in [3.63, 3.8) is 0 Å². The highest BCUT2D eigenvalue weighted by Crippen LogP contribution is 2.20. The molecule has 182 valence electrons. The maximum atomic E-state index is 12.8. The first-order chi connectivity index (χ1) is 16.7. The molecule has 0 spiro atoms. The van der Waals surface area contributed by atoms with Gasteiger partial charge in [-0.3, -0.25) is 23.5 Å². The van der Waals surface area contributed by atoms with E-state index in [1.54, 1.807) is 43.3 Å². The van der Waals surface area contributed by atoms with Gasteiger partial charge in [-0.2, -0.15) is 5.26 Å². The summed E-state index contributed by atoms with van der Waals surface area (Å²) in [4.78, 5) is 50.3.